The summed E-state index contributed by atoms with van der Waals surface area (Å²) in [6, 6.07) is 1.96. The molecule has 0 unspecified atom stereocenters. The average Bonchev–Trinajstić information content (AvgIpc) is 2.39. The molecule has 0 aliphatic rings. The molecule has 2 aromatic heterocycles. The van der Waals surface area contributed by atoms with Crippen molar-refractivity contribution in [3.8, 4) is 0 Å². The van der Waals surface area contributed by atoms with Gasteiger partial charge in [0.2, 0.25) is 0 Å². The number of pyridine rings is 1. The number of rotatable bonds is 0. The number of aryl methyl sites for hydroxylation is 3. The van der Waals surface area contributed by atoms with E-state index in [0.717, 1.165) is 16.9 Å². The average molecular weight is 161 g/mol. The van der Waals surface area contributed by atoms with E-state index in [-0.39, 0.29) is 0 Å². The second kappa shape index (κ2) is 2.34. The Morgan fingerprint density at radius 3 is 2.75 bits per heavy atom. The van der Waals surface area contributed by atoms with E-state index >= 15 is 0 Å². The molecule has 0 spiro atoms. The maximum absolute atomic E-state index is 5.52. The van der Waals surface area contributed by atoms with Gasteiger partial charge in [0.05, 0.1) is 0 Å². The lowest BCUT2D eigenvalue weighted by Gasteiger charge is -1.97. The van der Waals surface area contributed by atoms with Crippen LogP contribution in [-0.2, 0) is 0 Å². The van der Waals surface area contributed by atoms with E-state index in [4.69, 9.17) is 4.42 Å². The van der Waals surface area contributed by atoms with Crippen LogP contribution in [0.2, 0.25) is 0 Å². The molecule has 0 amide bonds. The van der Waals surface area contributed by atoms with E-state index in [1.807, 2.05) is 26.1 Å². The molecular formula is C10H11NO. The molecule has 0 aliphatic carbocycles. The summed E-state index contributed by atoms with van der Waals surface area (Å²) in [7, 11) is 0. The maximum atomic E-state index is 5.52. The second-order valence-corrected chi connectivity index (χ2v) is 3.14. The van der Waals surface area contributed by atoms with Crippen molar-refractivity contribution in [3.05, 3.63) is 29.2 Å². The highest BCUT2D eigenvalue weighted by molar-refractivity contribution is 5.77. The summed E-state index contributed by atoms with van der Waals surface area (Å²) in [6.07, 6.45) is 1.88. The summed E-state index contributed by atoms with van der Waals surface area (Å²) in [4.78, 5) is 4.27. The van der Waals surface area contributed by atoms with E-state index in [0.29, 0.717) is 0 Å². The van der Waals surface area contributed by atoms with Gasteiger partial charge in [-0.05, 0) is 31.9 Å². The topological polar surface area (TPSA) is 26.0 Å². The Bertz CT molecular complexity index is 429. The normalized spacial score (nSPS) is 10.9. The Morgan fingerprint density at radius 1 is 1.25 bits per heavy atom. The highest BCUT2D eigenvalue weighted by Gasteiger charge is 2.05. The summed E-state index contributed by atoms with van der Waals surface area (Å²) in [5.41, 5.74) is 4.24. The molecule has 0 radical (unpaired) electrons. The zero-order valence-electron chi connectivity index (χ0n) is 7.51. The van der Waals surface area contributed by atoms with Gasteiger partial charge in [-0.25, -0.2) is 0 Å². The first-order valence-electron chi connectivity index (χ1n) is 4.01. The van der Waals surface area contributed by atoms with Gasteiger partial charge in [-0.1, -0.05) is 0 Å². The Balaban J connectivity index is 2.89. The Morgan fingerprint density at radius 2 is 2.00 bits per heavy atom. The van der Waals surface area contributed by atoms with Crippen molar-refractivity contribution in [3.63, 3.8) is 0 Å². The molecule has 0 aromatic carbocycles. The van der Waals surface area contributed by atoms with Gasteiger partial charge in [-0.2, -0.15) is 0 Å². The van der Waals surface area contributed by atoms with Crippen LogP contribution in [0.25, 0.3) is 11.1 Å². The maximum Gasteiger partial charge on any atom is 0.155 e. The zero-order valence-corrected chi connectivity index (χ0v) is 7.51. The van der Waals surface area contributed by atoms with Crippen LogP contribution < -0.4 is 0 Å². The molecule has 0 saturated carbocycles. The molecule has 2 aromatic rings. The zero-order chi connectivity index (χ0) is 8.72. The molecule has 2 nitrogen and oxygen atoms in total. The molecule has 12 heavy (non-hydrogen) atoms. The summed E-state index contributed by atoms with van der Waals surface area (Å²) in [6.45, 7) is 6.04. The predicted octanol–water partition coefficient (Wildman–Crippen LogP) is 2.75. The van der Waals surface area contributed by atoms with E-state index in [1.54, 1.807) is 0 Å². The van der Waals surface area contributed by atoms with Crippen LogP contribution in [0.5, 0.6) is 0 Å². The van der Waals surface area contributed by atoms with Crippen molar-refractivity contribution in [1.82, 2.24) is 4.98 Å². The number of aromatic nitrogens is 1. The first-order valence-corrected chi connectivity index (χ1v) is 4.01. The molecule has 0 bridgehead atoms. The van der Waals surface area contributed by atoms with Gasteiger partial charge in [0.1, 0.15) is 11.3 Å². The van der Waals surface area contributed by atoms with Crippen LogP contribution >= 0.6 is 0 Å². The first kappa shape index (κ1) is 7.35. The highest BCUT2D eigenvalue weighted by Crippen LogP contribution is 2.22. The fourth-order valence-electron chi connectivity index (χ4n) is 1.31. The summed E-state index contributed by atoms with van der Waals surface area (Å²) in [5, 5.41) is 0. The van der Waals surface area contributed by atoms with Crippen LogP contribution in [0, 0.1) is 20.8 Å². The van der Waals surface area contributed by atoms with Crippen LogP contribution in [0.4, 0.5) is 0 Å². The lowest BCUT2D eigenvalue weighted by Crippen LogP contribution is -1.83. The van der Waals surface area contributed by atoms with Crippen molar-refractivity contribution < 1.29 is 4.42 Å². The quantitative estimate of drug-likeness (QED) is 0.593. The monoisotopic (exact) mass is 161 g/mol. The van der Waals surface area contributed by atoms with Crippen molar-refractivity contribution in [2.45, 2.75) is 20.8 Å². The van der Waals surface area contributed by atoms with Gasteiger partial charge in [-0.15, -0.1) is 0 Å². The van der Waals surface area contributed by atoms with Gasteiger partial charge in [0.15, 0.2) is 5.58 Å². The third kappa shape index (κ3) is 0.916. The summed E-state index contributed by atoms with van der Waals surface area (Å²) in [5.74, 6) is 0.922. The van der Waals surface area contributed by atoms with Crippen molar-refractivity contribution in [2.75, 3.05) is 0 Å². The second-order valence-electron chi connectivity index (χ2n) is 3.14. The van der Waals surface area contributed by atoms with Gasteiger partial charge >= 0.3 is 0 Å². The number of fused-ring (bicyclic) bond motifs is 1. The first-order chi connectivity index (χ1) is 5.68. The third-order valence-corrected chi connectivity index (χ3v) is 2.17. The van der Waals surface area contributed by atoms with Crippen LogP contribution in [0.1, 0.15) is 16.9 Å². The number of hydrogen-bond donors (Lipinski definition) is 0. The van der Waals surface area contributed by atoms with Crippen molar-refractivity contribution in [1.29, 1.82) is 0 Å². The summed E-state index contributed by atoms with van der Waals surface area (Å²) >= 11 is 0. The van der Waals surface area contributed by atoms with Gasteiger partial charge in [-0.3, -0.25) is 4.98 Å². The molecule has 0 N–H and O–H groups in total. The van der Waals surface area contributed by atoms with E-state index < -0.39 is 0 Å². The minimum absolute atomic E-state index is 0.922. The Labute approximate surface area is 71.2 Å². The van der Waals surface area contributed by atoms with Crippen LogP contribution in [0.15, 0.2) is 16.7 Å². The molecule has 2 rings (SSSR count). The van der Waals surface area contributed by atoms with Crippen LogP contribution in [-0.4, -0.2) is 4.98 Å². The van der Waals surface area contributed by atoms with Crippen molar-refractivity contribution in [2.24, 2.45) is 0 Å². The summed E-state index contributed by atoms with van der Waals surface area (Å²) < 4.78 is 5.52. The SMILES string of the molecule is Cc1cc2ncc(C)c(C)c2o1. The minimum atomic E-state index is 0.922. The molecule has 2 heterocycles. The highest BCUT2D eigenvalue weighted by atomic mass is 16.3. The van der Waals surface area contributed by atoms with Gasteiger partial charge in [0.25, 0.3) is 0 Å². The molecule has 62 valence electrons. The lowest BCUT2D eigenvalue weighted by molar-refractivity contribution is 0.575. The molecule has 0 atom stereocenters. The number of hydrogen-bond acceptors (Lipinski definition) is 2. The van der Waals surface area contributed by atoms with Crippen molar-refractivity contribution >= 4 is 11.1 Å². The largest absolute Gasteiger partial charge is 0.459 e. The number of nitrogens with zero attached hydrogens (tertiary/aromatic N) is 1. The van der Waals surface area contributed by atoms with E-state index in [9.17, 15) is 0 Å². The fraction of sp³-hybridized carbons (Fsp3) is 0.300. The smallest absolute Gasteiger partial charge is 0.155 e. The predicted molar refractivity (Wildman–Crippen MR) is 48.2 cm³/mol. The molecule has 0 saturated heterocycles. The fourth-order valence-corrected chi connectivity index (χ4v) is 1.31. The lowest BCUT2D eigenvalue weighted by atomic mass is 10.1. The van der Waals surface area contributed by atoms with Gasteiger partial charge < -0.3 is 4.42 Å². The van der Waals surface area contributed by atoms with Gasteiger partial charge in [0, 0.05) is 12.3 Å². The molecule has 0 aliphatic heterocycles. The molecular weight excluding hydrogens is 150 g/mol. The molecule has 2 heteroatoms. The van der Waals surface area contributed by atoms with E-state index in [1.165, 1.54) is 11.1 Å². The third-order valence-electron chi connectivity index (χ3n) is 2.17. The standard InChI is InChI=1S/C10H11NO/c1-6-5-11-9-4-7(2)12-10(9)8(6)3/h4-5H,1-3H3. The minimum Gasteiger partial charge on any atom is -0.459 e. The van der Waals surface area contributed by atoms with E-state index in [2.05, 4.69) is 11.9 Å². The Hall–Kier alpha value is -1.31. The Kier molecular flexibility index (Phi) is 1.43. The number of furan rings is 1. The van der Waals surface area contributed by atoms with Crippen LogP contribution in [0.3, 0.4) is 0 Å². The molecule has 0 fully saturated rings.